The van der Waals surface area contributed by atoms with E-state index in [2.05, 4.69) is 37.3 Å². The number of benzene rings is 1. The summed E-state index contributed by atoms with van der Waals surface area (Å²) < 4.78 is 5.40. The molecular weight excluding hydrogens is 304 g/mol. The molecule has 0 saturated heterocycles. The third-order valence-corrected chi connectivity index (χ3v) is 7.51. The second-order valence-electron chi connectivity index (χ2n) is 8.83. The smallest absolute Gasteiger partial charge is 0.119 e. The van der Waals surface area contributed by atoms with Gasteiger partial charge in [-0.05, 0) is 118 Å². The van der Waals surface area contributed by atoms with E-state index in [9.17, 15) is 0 Å². The Morgan fingerprint density at radius 1 is 0.880 bits per heavy atom. The molecule has 0 spiro atoms. The van der Waals surface area contributed by atoms with Crippen LogP contribution in [0.5, 0.6) is 5.75 Å². The van der Waals surface area contributed by atoms with E-state index in [-0.39, 0.29) is 0 Å². The maximum Gasteiger partial charge on any atom is 0.119 e. The van der Waals surface area contributed by atoms with Crippen LogP contribution in [0, 0.1) is 29.6 Å². The fourth-order valence-electron chi connectivity index (χ4n) is 6.13. The van der Waals surface area contributed by atoms with Crippen LogP contribution in [-0.2, 0) is 12.8 Å². The minimum absolute atomic E-state index is 0.874. The van der Waals surface area contributed by atoms with Gasteiger partial charge in [0.25, 0.3) is 0 Å². The van der Waals surface area contributed by atoms with Gasteiger partial charge in [0.2, 0.25) is 0 Å². The van der Waals surface area contributed by atoms with Gasteiger partial charge < -0.3 is 4.74 Å². The molecule has 1 aromatic carbocycles. The summed E-state index contributed by atoms with van der Waals surface area (Å²) in [5, 5.41) is 0. The van der Waals surface area contributed by atoms with Crippen molar-refractivity contribution in [1.29, 1.82) is 0 Å². The normalized spacial score (nSPS) is 35.2. The minimum Gasteiger partial charge on any atom is -0.497 e. The molecule has 3 aliphatic carbocycles. The molecule has 0 radical (unpaired) electrons. The highest BCUT2D eigenvalue weighted by molar-refractivity contribution is 5.37. The standard InChI is InChI=1S/C24H34O/c1-3-4-17-5-6-19-14-20(8-7-18(19)13-17)21-9-10-23-16-24(25-2)12-11-22(23)15-21/h3-4,11-12,16-21H,5-10,13-15H2,1-2H3/t17-,18-,19-,20?,21?/m1/s1. The average molecular weight is 339 g/mol. The van der Waals surface area contributed by atoms with E-state index in [4.69, 9.17) is 4.74 Å². The van der Waals surface area contributed by atoms with Gasteiger partial charge in [-0.25, -0.2) is 0 Å². The molecule has 1 nitrogen and oxygen atoms in total. The van der Waals surface area contributed by atoms with Crippen molar-refractivity contribution < 1.29 is 4.74 Å². The average Bonchev–Trinajstić information content (AvgIpc) is 2.67. The molecule has 0 aromatic heterocycles. The van der Waals surface area contributed by atoms with E-state index in [1.807, 2.05) is 0 Å². The zero-order valence-corrected chi connectivity index (χ0v) is 16.0. The maximum absolute atomic E-state index is 5.40. The minimum atomic E-state index is 0.874. The quantitative estimate of drug-likeness (QED) is 0.595. The van der Waals surface area contributed by atoms with Gasteiger partial charge in [-0.2, -0.15) is 0 Å². The number of methoxy groups -OCH3 is 1. The van der Waals surface area contributed by atoms with Crippen molar-refractivity contribution in [2.75, 3.05) is 7.11 Å². The largest absolute Gasteiger partial charge is 0.497 e. The first-order valence-corrected chi connectivity index (χ1v) is 10.6. The molecule has 2 saturated carbocycles. The van der Waals surface area contributed by atoms with Gasteiger partial charge in [0.05, 0.1) is 7.11 Å². The lowest BCUT2D eigenvalue weighted by Gasteiger charge is -2.44. The molecule has 0 N–H and O–H groups in total. The Morgan fingerprint density at radius 3 is 2.44 bits per heavy atom. The van der Waals surface area contributed by atoms with E-state index < -0.39 is 0 Å². The van der Waals surface area contributed by atoms with Crippen LogP contribution in [-0.4, -0.2) is 7.11 Å². The molecular formula is C24H34O. The highest BCUT2D eigenvalue weighted by atomic mass is 16.5. The Balaban J connectivity index is 1.38. The molecule has 136 valence electrons. The second-order valence-corrected chi connectivity index (χ2v) is 8.83. The molecule has 2 fully saturated rings. The molecule has 5 atom stereocenters. The predicted molar refractivity (Wildman–Crippen MR) is 105 cm³/mol. The predicted octanol–water partition coefficient (Wildman–Crippen LogP) is 6.21. The Morgan fingerprint density at radius 2 is 1.64 bits per heavy atom. The van der Waals surface area contributed by atoms with Crippen molar-refractivity contribution in [1.82, 2.24) is 0 Å². The van der Waals surface area contributed by atoms with E-state index >= 15 is 0 Å². The fraction of sp³-hybridized carbons (Fsp3) is 0.667. The van der Waals surface area contributed by atoms with Gasteiger partial charge in [0.15, 0.2) is 0 Å². The van der Waals surface area contributed by atoms with E-state index in [0.29, 0.717) is 0 Å². The van der Waals surface area contributed by atoms with E-state index in [1.54, 1.807) is 12.7 Å². The summed E-state index contributed by atoms with van der Waals surface area (Å²) in [4.78, 5) is 0. The number of ether oxygens (including phenoxy) is 1. The molecule has 4 rings (SSSR count). The van der Waals surface area contributed by atoms with Crippen molar-refractivity contribution in [2.45, 2.75) is 64.7 Å². The first kappa shape index (κ1) is 17.2. The van der Waals surface area contributed by atoms with Crippen LogP contribution in [0.1, 0.15) is 63.0 Å². The number of allylic oxidation sites excluding steroid dienone is 2. The van der Waals surface area contributed by atoms with Crippen molar-refractivity contribution in [2.24, 2.45) is 29.6 Å². The molecule has 0 heterocycles. The van der Waals surface area contributed by atoms with Gasteiger partial charge in [-0.3, -0.25) is 0 Å². The van der Waals surface area contributed by atoms with Gasteiger partial charge in [0.1, 0.15) is 5.75 Å². The number of hydrogen-bond donors (Lipinski definition) is 0. The number of hydrogen-bond acceptors (Lipinski definition) is 1. The lowest BCUT2D eigenvalue weighted by molar-refractivity contribution is 0.0810. The Bertz CT molecular complexity index is 617. The van der Waals surface area contributed by atoms with Crippen molar-refractivity contribution in [3.05, 3.63) is 41.5 Å². The van der Waals surface area contributed by atoms with E-state index in [0.717, 1.165) is 35.3 Å². The number of fused-ring (bicyclic) bond motifs is 2. The van der Waals surface area contributed by atoms with E-state index in [1.165, 1.54) is 63.4 Å². The topological polar surface area (TPSA) is 9.23 Å². The third-order valence-electron chi connectivity index (χ3n) is 7.51. The first-order chi connectivity index (χ1) is 12.3. The molecule has 0 bridgehead atoms. The fourth-order valence-corrected chi connectivity index (χ4v) is 6.13. The van der Waals surface area contributed by atoms with Crippen molar-refractivity contribution in [3.8, 4) is 5.75 Å². The van der Waals surface area contributed by atoms with Crippen LogP contribution < -0.4 is 4.74 Å². The van der Waals surface area contributed by atoms with Crippen LogP contribution in [0.15, 0.2) is 30.4 Å². The molecule has 1 heteroatoms. The molecule has 3 aliphatic rings. The number of rotatable bonds is 3. The Kier molecular flexibility index (Phi) is 5.20. The molecule has 2 unspecified atom stereocenters. The van der Waals surface area contributed by atoms with Crippen molar-refractivity contribution in [3.63, 3.8) is 0 Å². The second kappa shape index (κ2) is 7.56. The summed E-state index contributed by atoms with van der Waals surface area (Å²) in [6.07, 6.45) is 17.6. The highest BCUT2D eigenvalue weighted by Gasteiger charge is 2.38. The van der Waals surface area contributed by atoms with Gasteiger partial charge >= 0.3 is 0 Å². The summed E-state index contributed by atoms with van der Waals surface area (Å²) in [7, 11) is 1.77. The highest BCUT2D eigenvalue weighted by Crippen LogP contribution is 2.48. The van der Waals surface area contributed by atoms with Gasteiger partial charge in [0, 0.05) is 0 Å². The zero-order chi connectivity index (χ0) is 17.2. The summed E-state index contributed by atoms with van der Waals surface area (Å²) in [6, 6.07) is 6.75. The number of aryl methyl sites for hydroxylation is 1. The van der Waals surface area contributed by atoms with Gasteiger partial charge in [-0.15, -0.1) is 0 Å². The Labute approximate surface area is 153 Å². The lowest BCUT2D eigenvalue weighted by Crippen LogP contribution is -2.34. The van der Waals surface area contributed by atoms with Crippen LogP contribution in [0.4, 0.5) is 0 Å². The maximum atomic E-state index is 5.40. The molecule has 25 heavy (non-hydrogen) atoms. The molecule has 0 amide bonds. The summed E-state index contributed by atoms with van der Waals surface area (Å²) in [5.74, 6) is 5.85. The van der Waals surface area contributed by atoms with Crippen LogP contribution in [0.3, 0.4) is 0 Å². The van der Waals surface area contributed by atoms with Crippen LogP contribution in [0.2, 0.25) is 0 Å². The summed E-state index contributed by atoms with van der Waals surface area (Å²) in [6.45, 7) is 2.18. The molecule has 1 aromatic rings. The summed E-state index contributed by atoms with van der Waals surface area (Å²) in [5.41, 5.74) is 3.13. The first-order valence-electron chi connectivity index (χ1n) is 10.6. The Hall–Kier alpha value is -1.24. The van der Waals surface area contributed by atoms with Crippen LogP contribution >= 0.6 is 0 Å². The zero-order valence-electron chi connectivity index (χ0n) is 16.0. The SMILES string of the molecule is CC=C[C@@H]1CC[C@@H]2CC(C3CCc4cc(OC)ccc4C3)CC[C@@H]2C1. The van der Waals surface area contributed by atoms with Gasteiger partial charge in [-0.1, -0.05) is 18.2 Å². The summed E-state index contributed by atoms with van der Waals surface area (Å²) >= 11 is 0. The third kappa shape index (κ3) is 3.66. The lowest BCUT2D eigenvalue weighted by atomic mass is 9.61. The molecule has 0 aliphatic heterocycles. The van der Waals surface area contributed by atoms with Crippen molar-refractivity contribution >= 4 is 0 Å². The van der Waals surface area contributed by atoms with Crippen LogP contribution in [0.25, 0.3) is 0 Å². The monoisotopic (exact) mass is 338 g/mol.